The van der Waals surface area contributed by atoms with Gasteiger partial charge >= 0.3 is 0 Å². The van der Waals surface area contributed by atoms with Crippen molar-refractivity contribution in [2.24, 2.45) is 0 Å². The van der Waals surface area contributed by atoms with Crippen molar-refractivity contribution < 1.29 is 4.79 Å². The molecule has 1 N–H and O–H groups in total. The Morgan fingerprint density at radius 3 is 2.55 bits per heavy atom. The lowest BCUT2D eigenvalue weighted by atomic mass is 9.95. The Bertz CT molecular complexity index is 1020. The maximum Gasteiger partial charge on any atom is 0.233 e. The lowest BCUT2D eigenvalue weighted by molar-refractivity contribution is -0.121. The van der Waals surface area contributed by atoms with E-state index in [-0.39, 0.29) is 11.2 Å². The third-order valence-corrected chi connectivity index (χ3v) is 7.03. The highest BCUT2D eigenvalue weighted by atomic mass is 35.5. The second kappa shape index (κ2) is 10.3. The number of nitrogens with one attached hydrogen (secondary N) is 1. The number of thioether (sulfide) groups is 1. The predicted molar refractivity (Wildman–Crippen MR) is 126 cm³/mol. The minimum atomic E-state index is -0.264. The van der Waals surface area contributed by atoms with E-state index in [4.69, 9.17) is 11.6 Å². The molecule has 1 unspecified atom stereocenters. The summed E-state index contributed by atoms with van der Waals surface area (Å²) in [6.07, 6.45) is 5.80. The molecule has 0 aliphatic heterocycles. The maximum atomic E-state index is 12.8. The van der Waals surface area contributed by atoms with Crippen LogP contribution in [0, 0.1) is 0 Å². The minimum Gasteiger partial charge on any atom is -0.352 e. The molecule has 4 rings (SSSR count). The van der Waals surface area contributed by atoms with Gasteiger partial charge in [0.1, 0.15) is 0 Å². The molecule has 1 fully saturated rings. The molecular formula is C24H27ClN4OS. The number of carbonyl (C=O) groups excluding carboxylic acids is 1. The van der Waals surface area contributed by atoms with Crippen molar-refractivity contribution in [3.05, 3.63) is 65.2 Å². The molecule has 5 nitrogen and oxygen atoms in total. The fourth-order valence-electron chi connectivity index (χ4n) is 3.90. The summed E-state index contributed by atoms with van der Waals surface area (Å²) in [5.74, 6) is 0.766. The van der Waals surface area contributed by atoms with Crippen LogP contribution in [0.1, 0.15) is 44.6 Å². The van der Waals surface area contributed by atoms with E-state index in [1.807, 2.05) is 54.0 Å². The molecule has 0 bridgehead atoms. The summed E-state index contributed by atoms with van der Waals surface area (Å²) in [4.78, 5) is 12.8. The molecule has 31 heavy (non-hydrogen) atoms. The molecule has 0 radical (unpaired) electrons. The van der Waals surface area contributed by atoms with E-state index >= 15 is 0 Å². The molecular weight excluding hydrogens is 428 g/mol. The van der Waals surface area contributed by atoms with Crippen LogP contribution in [-0.2, 0) is 11.3 Å². The van der Waals surface area contributed by atoms with Crippen LogP contribution in [0.5, 0.6) is 0 Å². The molecule has 2 aromatic carbocycles. The zero-order valence-corrected chi connectivity index (χ0v) is 19.2. The molecule has 1 aromatic heterocycles. The van der Waals surface area contributed by atoms with Crippen LogP contribution < -0.4 is 5.32 Å². The summed E-state index contributed by atoms with van der Waals surface area (Å²) in [6.45, 7) is 2.53. The van der Waals surface area contributed by atoms with E-state index < -0.39 is 0 Å². The van der Waals surface area contributed by atoms with Crippen molar-refractivity contribution in [3.63, 3.8) is 0 Å². The van der Waals surface area contributed by atoms with Crippen molar-refractivity contribution >= 4 is 29.3 Å². The fraction of sp³-hybridized carbons (Fsp3) is 0.375. The number of carbonyl (C=O) groups is 1. The molecule has 1 heterocycles. The Morgan fingerprint density at radius 2 is 1.81 bits per heavy atom. The predicted octanol–water partition coefficient (Wildman–Crippen LogP) is 5.58. The second-order valence-corrected chi connectivity index (χ2v) is 9.68. The molecule has 1 aliphatic carbocycles. The molecule has 1 saturated carbocycles. The number of hydrogen-bond acceptors (Lipinski definition) is 4. The molecule has 1 atom stereocenters. The average Bonchev–Trinajstić information content (AvgIpc) is 3.17. The number of nitrogens with zero attached hydrogens (tertiary/aromatic N) is 3. The third-order valence-electron chi connectivity index (χ3n) is 5.62. The highest BCUT2D eigenvalue weighted by molar-refractivity contribution is 8.00. The van der Waals surface area contributed by atoms with E-state index in [0.717, 1.165) is 24.0 Å². The Hall–Kier alpha value is -2.31. The lowest BCUT2D eigenvalue weighted by Gasteiger charge is -2.24. The Kier molecular flexibility index (Phi) is 7.30. The number of rotatable bonds is 7. The standard InChI is InChI=1S/C24H27ClN4OS/c1-17(23(30)26-19-12-6-3-7-13-19)31-24-28-27-22(20-14-8-9-15-21(20)25)29(24)16-18-10-4-2-5-11-18/h2,4-5,8-11,14-15,17,19H,3,6-7,12-13,16H2,1H3,(H,26,30). The largest absolute Gasteiger partial charge is 0.352 e. The van der Waals surface area contributed by atoms with Gasteiger partial charge in [-0.15, -0.1) is 10.2 Å². The first-order valence-electron chi connectivity index (χ1n) is 10.8. The Balaban J connectivity index is 1.57. The first-order valence-corrected chi connectivity index (χ1v) is 12.1. The molecule has 162 valence electrons. The van der Waals surface area contributed by atoms with E-state index in [1.54, 1.807) is 0 Å². The fourth-order valence-corrected chi connectivity index (χ4v) is 4.98. The highest BCUT2D eigenvalue weighted by Crippen LogP contribution is 2.31. The molecule has 0 spiro atoms. The van der Waals surface area contributed by atoms with Gasteiger partial charge < -0.3 is 5.32 Å². The molecule has 1 amide bonds. The zero-order valence-electron chi connectivity index (χ0n) is 17.6. The quantitative estimate of drug-likeness (QED) is 0.473. The second-order valence-electron chi connectivity index (χ2n) is 7.96. The van der Waals surface area contributed by atoms with Gasteiger partial charge in [0.2, 0.25) is 5.91 Å². The van der Waals surface area contributed by atoms with Crippen molar-refractivity contribution in [1.82, 2.24) is 20.1 Å². The van der Waals surface area contributed by atoms with Crippen LogP contribution in [0.4, 0.5) is 0 Å². The average molecular weight is 455 g/mol. The number of amides is 1. The maximum absolute atomic E-state index is 12.8. The summed E-state index contributed by atoms with van der Waals surface area (Å²) < 4.78 is 2.05. The van der Waals surface area contributed by atoms with Crippen LogP contribution in [0.2, 0.25) is 5.02 Å². The summed E-state index contributed by atoms with van der Waals surface area (Å²) in [5, 5.41) is 13.2. The van der Waals surface area contributed by atoms with Crippen LogP contribution >= 0.6 is 23.4 Å². The van der Waals surface area contributed by atoms with E-state index in [9.17, 15) is 4.79 Å². The SMILES string of the molecule is CC(Sc1nnc(-c2ccccc2Cl)n1Cc1ccccc1)C(=O)NC1CCCCC1. The molecule has 0 saturated heterocycles. The first kappa shape index (κ1) is 21.9. The van der Waals surface area contributed by atoms with Gasteiger partial charge in [0.25, 0.3) is 0 Å². The van der Waals surface area contributed by atoms with Crippen molar-refractivity contribution in [2.45, 2.75) is 62.0 Å². The highest BCUT2D eigenvalue weighted by Gasteiger charge is 2.24. The van der Waals surface area contributed by atoms with Crippen molar-refractivity contribution in [1.29, 1.82) is 0 Å². The minimum absolute atomic E-state index is 0.0606. The summed E-state index contributed by atoms with van der Waals surface area (Å²) in [6, 6.07) is 18.1. The van der Waals surface area contributed by atoms with Crippen molar-refractivity contribution in [3.8, 4) is 11.4 Å². The summed E-state index contributed by atoms with van der Waals surface area (Å²) in [5.41, 5.74) is 1.97. The Labute approximate surface area is 192 Å². The topological polar surface area (TPSA) is 59.8 Å². The number of aromatic nitrogens is 3. The zero-order chi connectivity index (χ0) is 21.6. The van der Waals surface area contributed by atoms with Gasteiger partial charge in [-0.05, 0) is 37.5 Å². The first-order chi connectivity index (χ1) is 15.1. The molecule has 7 heteroatoms. The van der Waals surface area contributed by atoms with Crippen LogP contribution in [0.15, 0.2) is 59.8 Å². The normalized spacial score (nSPS) is 15.5. The Morgan fingerprint density at radius 1 is 1.10 bits per heavy atom. The number of benzene rings is 2. The van der Waals surface area contributed by atoms with E-state index in [1.165, 1.54) is 31.0 Å². The van der Waals surface area contributed by atoms with E-state index in [0.29, 0.717) is 28.6 Å². The van der Waals surface area contributed by atoms with Gasteiger partial charge in [-0.2, -0.15) is 0 Å². The third kappa shape index (κ3) is 5.49. The molecule has 1 aliphatic rings. The van der Waals surface area contributed by atoms with Gasteiger partial charge in [0, 0.05) is 11.6 Å². The van der Waals surface area contributed by atoms with Gasteiger partial charge in [0.15, 0.2) is 11.0 Å². The van der Waals surface area contributed by atoms with Crippen LogP contribution in [0.25, 0.3) is 11.4 Å². The van der Waals surface area contributed by atoms with Crippen LogP contribution in [0.3, 0.4) is 0 Å². The van der Waals surface area contributed by atoms with E-state index in [2.05, 4.69) is 27.6 Å². The smallest absolute Gasteiger partial charge is 0.233 e. The monoisotopic (exact) mass is 454 g/mol. The van der Waals surface area contributed by atoms with Gasteiger partial charge in [0.05, 0.1) is 16.8 Å². The number of halogens is 1. The van der Waals surface area contributed by atoms with Crippen molar-refractivity contribution in [2.75, 3.05) is 0 Å². The lowest BCUT2D eigenvalue weighted by Crippen LogP contribution is -2.40. The van der Waals surface area contributed by atoms with Gasteiger partial charge in [-0.1, -0.05) is 85.1 Å². The molecule has 3 aromatic rings. The number of hydrogen-bond donors (Lipinski definition) is 1. The van der Waals surface area contributed by atoms with Gasteiger partial charge in [-0.3, -0.25) is 9.36 Å². The summed E-state index contributed by atoms with van der Waals surface area (Å²) in [7, 11) is 0. The van der Waals surface area contributed by atoms with Gasteiger partial charge in [-0.25, -0.2) is 0 Å². The summed E-state index contributed by atoms with van der Waals surface area (Å²) >= 11 is 7.90. The van der Waals surface area contributed by atoms with Crippen LogP contribution in [-0.4, -0.2) is 32.0 Å².